The largest absolute Gasteiger partial charge is 0.378 e. The summed E-state index contributed by atoms with van der Waals surface area (Å²) in [6.07, 6.45) is 8.88. The molecule has 2 fully saturated rings. The first-order valence-corrected chi connectivity index (χ1v) is 11.3. The number of aromatic nitrogens is 4. The van der Waals surface area contributed by atoms with Gasteiger partial charge < -0.3 is 24.8 Å². The minimum Gasteiger partial charge on any atom is -0.378 e. The summed E-state index contributed by atoms with van der Waals surface area (Å²) in [6.45, 7) is 7.31. The van der Waals surface area contributed by atoms with Gasteiger partial charge in [-0.15, -0.1) is 0 Å². The van der Waals surface area contributed by atoms with Gasteiger partial charge in [-0.2, -0.15) is 4.98 Å². The Hall–Kier alpha value is -2.52. The van der Waals surface area contributed by atoms with E-state index in [0.717, 1.165) is 82.2 Å². The molecule has 1 atom stereocenters. The highest BCUT2D eigenvalue weighted by Crippen LogP contribution is 2.23. The molecule has 0 aromatic carbocycles. The Labute approximate surface area is 184 Å². The number of anilines is 3. The van der Waals surface area contributed by atoms with E-state index in [4.69, 9.17) is 4.74 Å². The van der Waals surface area contributed by atoms with E-state index in [2.05, 4.69) is 40.0 Å². The Morgan fingerprint density at radius 1 is 1.10 bits per heavy atom. The van der Waals surface area contributed by atoms with Crippen LogP contribution in [0.1, 0.15) is 18.5 Å². The van der Waals surface area contributed by atoms with Gasteiger partial charge in [0.15, 0.2) is 0 Å². The summed E-state index contributed by atoms with van der Waals surface area (Å²) >= 11 is 0. The van der Waals surface area contributed by atoms with E-state index in [1.54, 1.807) is 12.4 Å². The normalized spacial score (nSPS) is 19.9. The summed E-state index contributed by atoms with van der Waals surface area (Å²) in [5, 5.41) is 3.48. The van der Waals surface area contributed by atoms with Crippen LogP contribution in [-0.4, -0.2) is 91.4 Å². The number of nitrogens with one attached hydrogen (secondary N) is 1. The molecule has 4 rings (SSSR count). The van der Waals surface area contributed by atoms with Gasteiger partial charge in [0.05, 0.1) is 18.9 Å². The SMILES string of the molecule is CN(C)c1nccnc1CC1CCCN(CCNc2ccnc(N3CCOCC3)n2)C1. The second-order valence-corrected chi connectivity index (χ2v) is 8.50. The number of likely N-dealkylation sites (tertiary alicyclic amines) is 1. The predicted molar refractivity (Wildman–Crippen MR) is 123 cm³/mol. The van der Waals surface area contributed by atoms with Crippen LogP contribution in [0.15, 0.2) is 24.7 Å². The molecule has 0 aliphatic carbocycles. The molecule has 168 valence electrons. The molecule has 2 aromatic heterocycles. The third kappa shape index (κ3) is 6.01. The van der Waals surface area contributed by atoms with Gasteiger partial charge in [-0.1, -0.05) is 0 Å². The topological polar surface area (TPSA) is 82.5 Å². The van der Waals surface area contributed by atoms with E-state index < -0.39 is 0 Å². The fourth-order valence-corrected chi connectivity index (χ4v) is 4.38. The maximum atomic E-state index is 5.42. The fraction of sp³-hybridized carbons (Fsp3) is 0.636. The first kappa shape index (κ1) is 21.7. The van der Waals surface area contributed by atoms with Crippen molar-refractivity contribution in [2.75, 3.05) is 81.7 Å². The third-order valence-electron chi connectivity index (χ3n) is 5.93. The Balaban J connectivity index is 1.26. The standard InChI is InChI=1S/C22H34N8O/c1-28(2)21-19(23-7-8-25-21)16-18-4-3-10-29(17-18)11-9-24-20-5-6-26-22(27-20)30-12-14-31-15-13-30/h5-8,18H,3-4,9-17H2,1-2H3,(H,24,26,27). The van der Waals surface area contributed by atoms with Crippen molar-refractivity contribution < 1.29 is 4.74 Å². The lowest BCUT2D eigenvalue weighted by Gasteiger charge is -2.33. The van der Waals surface area contributed by atoms with Gasteiger partial charge in [-0.3, -0.25) is 4.98 Å². The van der Waals surface area contributed by atoms with Crippen molar-refractivity contribution >= 4 is 17.6 Å². The molecule has 2 aliphatic rings. The van der Waals surface area contributed by atoms with Crippen LogP contribution in [0.25, 0.3) is 0 Å². The number of nitrogens with zero attached hydrogens (tertiary/aromatic N) is 7. The lowest BCUT2D eigenvalue weighted by atomic mass is 9.93. The zero-order valence-electron chi connectivity index (χ0n) is 18.7. The van der Waals surface area contributed by atoms with Gasteiger partial charge in [0.25, 0.3) is 0 Å². The van der Waals surface area contributed by atoms with Gasteiger partial charge in [0.1, 0.15) is 11.6 Å². The summed E-state index contributed by atoms with van der Waals surface area (Å²) in [5.74, 6) is 3.28. The third-order valence-corrected chi connectivity index (χ3v) is 5.93. The molecule has 2 saturated heterocycles. The minimum absolute atomic E-state index is 0.621. The lowest BCUT2D eigenvalue weighted by molar-refractivity contribution is 0.122. The van der Waals surface area contributed by atoms with Crippen LogP contribution in [-0.2, 0) is 11.2 Å². The van der Waals surface area contributed by atoms with Crippen LogP contribution in [0.2, 0.25) is 0 Å². The van der Waals surface area contributed by atoms with E-state index in [9.17, 15) is 0 Å². The molecular weight excluding hydrogens is 392 g/mol. The number of ether oxygens (including phenoxy) is 1. The Kier molecular flexibility index (Phi) is 7.48. The summed E-state index contributed by atoms with van der Waals surface area (Å²) < 4.78 is 5.42. The van der Waals surface area contributed by atoms with Gasteiger partial charge in [-0.25, -0.2) is 9.97 Å². The van der Waals surface area contributed by atoms with Gasteiger partial charge in [0, 0.05) is 65.4 Å². The Bertz CT molecular complexity index is 827. The van der Waals surface area contributed by atoms with Crippen LogP contribution < -0.4 is 15.1 Å². The van der Waals surface area contributed by atoms with Crippen molar-refractivity contribution in [2.24, 2.45) is 5.92 Å². The molecule has 0 amide bonds. The molecule has 0 spiro atoms. The molecule has 9 heteroatoms. The average molecular weight is 427 g/mol. The second-order valence-electron chi connectivity index (χ2n) is 8.50. The molecule has 9 nitrogen and oxygen atoms in total. The summed E-state index contributed by atoms with van der Waals surface area (Å²) in [7, 11) is 4.06. The first-order chi connectivity index (χ1) is 15.2. The lowest BCUT2D eigenvalue weighted by Crippen LogP contribution is -2.39. The molecule has 0 radical (unpaired) electrons. The van der Waals surface area contributed by atoms with E-state index in [1.807, 2.05) is 26.4 Å². The van der Waals surface area contributed by atoms with E-state index >= 15 is 0 Å². The number of hydrogen-bond acceptors (Lipinski definition) is 9. The maximum Gasteiger partial charge on any atom is 0.227 e. The van der Waals surface area contributed by atoms with Crippen LogP contribution in [0, 0.1) is 5.92 Å². The first-order valence-electron chi connectivity index (χ1n) is 11.3. The molecular formula is C22H34N8O. The Morgan fingerprint density at radius 3 is 2.77 bits per heavy atom. The van der Waals surface area contributed by atoms with Gasteiger partial charge >= 0.3 is 0 Å². The zero-order valence-corrected chi connectivity index (χ0v) is 18.7. The highest BCUT2D eigenvalue weighted by Gasteiger charge is 2.22. The highest BCUT2D eigenvalue weighted by molar-refractivity contribution is 5.42. The fourth-order valence-electron chi connectivity index (χ4n) is 4.38. The van der Waals surface area contributed by atoms with E-state index in [1.165, 1.54) is 12.8 Å². The molecule has 0 saturated carbocycles. The predicted octanol–water partition coefficient (Wildman–Crippen LogP) is 1.54. The summed E-state index contributed by atoms with van der Waals surface area (Å²) in [4.78, 5) is 25.0. The molecule has 1 unspecified atom stereocenters. The van der Waals surface area contributed by atoms with Crippen LogP contribution in [0.4, 0.5) is 17.6 Å². The second kappa shape index (κ2) is 10.7. The average Bonchev–Trinajstić information content (AvgIpc) is 2.80. The molecule has 0 bridgehead atoms. The maximum absolute atomic E-state index is 5.42. The van der Waals surface area contributed by atoms with Crippen molar-refractivity contribution in [1.29, 1.82) is 0 Å². The summed E-state index contributed by atoms with van der Waals surface area (Å²) in [6, 6.07) is 1.94. The van der Waals surface area contributed by atoms with Crippen LogP contribution in [0.5, 0.6) is 0 Å². The van der Waals surface area contributed by atoms with Crippen molar-refractivity contribution in [3.8, 4) is 0 Å². The molecule has 2 aromatic rings. The highest BCUT2D eigenvalue weighted by atomic mass is 16.5. The zero-order chi connectivity index (χ0) is 21.5. The van der Waals surface area contributed by atoms with Crippen LogP contribution in [0.3, 0.4) is 0 Å². The van der Waals surface area contributed by atoms with Crippen molar-refractivity contribution in [3.05, 3.63) is 30.4 Å². The van der Waals surface area contributed by atoms with Crippen molar-refractivity contribution in [3.63, 3.8) is 0 Å². The number of rotatable bonds is 8. The number of piperidine rings is 1. The number of hydrogen-bond donors (Lipinski definition) is 1. The minimum atomic E-state index is 0.621. The van der Waals surface area contributed by atoms with Crippen LogP contribution >= 0.6 is 0 Å². The molecule has 1 N–H and O–H groups in total. The quantitative estimate of drug-likeness (QED) is 0.676. The summed E-state index contributed by atoms with van der Waals surface area (Å²) in [5.41, 5.74) is 1.11. The smallest absolute Gasteiger partial charge is 0.227 e. The van der Waals surface area contributed by atoms with Crippen molar-refractivity contribution in [2.45, 2.75) is 19.3 Å². The van der Waals surface area contributed by atoms with E-state index in [-0.39, 0.29) is 0 Å². The molecule has 4 heterocycles. The molecule has 2 aliphatic heterocycles. The monoisotopic (exact) mass is 426 g/mol. The van der Waals surface area contributed by atoms with E-state index in [0.29, 0.717) is 5.92 Å². The number of morpholine rings is 1. The van der Waals surface area contributed by atoms with Gasteiger partial charge in [0.2, 0.25) is 5.95 Å². The Morgan fingerprint density at radius 2 is 1.94 bits per heavy atom. The molecule has 31 heavy (non-hydrogen) atoms. The van der Waals surface area contributed by atoms with Gasteiger partial charge in [-0.05, 0) is 37.8 Å². The van der Waals surface area contributed by atoms with Crippen molar-refractivity contribution in [1.82, 2.24) is 24.8 Å².